The van der Waals surface area contributed by atoms with E-state index in [1.54, 1.807) is 33.9 Å². The molecular weight excluding hydrogens is 308 g/mol. The quantitative estimate of drug-likeness (QED) is 0.863. The van der Waals surface area contributed by atoms with E-state index in [-0.39, 0.29) is 11.8 Å². The highest BCUT2D eigenvalue weighted by molar-refractivity contribution is 5.97. The zero-order chi connectivity index (χ0) is 18.5. The van der Waals surface area contributed by atoms with Crippen LogP contribution >= 0.6 is 0 Å². The summed E-state index contributed by atoms with van der Waals surface area (Å²) < 4.78 is 10.5. The van der Waals surface area contributed by atoms with Gasteiger partial charge in [-0.1, -0.05) is 19.9 Å². The molecule has 1 rings (SSSR count). The fraction of sp³-hybridized carbons (Fsp3) is 0.556. The van der Waals surface area contributed by atoms with Crippen molar-refractivity contribution in [3.05, 3.63) is 23.8 Å². The van der Waals surface area contributed by atoms with Gasteiger partial charge in [0.05, 0.1) is 12.8 Å². The van der Waals surface area contributed by atoms with Crippen molar-refractivity contribution in [1.29, 1.82) is 0 Å². The molecule has 0 aromatic heterocycles. The Kier molecular flexibility index (Phi) is 6.63. The van der Waals surface area contributed by atoms with Crippen molar-refractivity contribution in [1.82, 2.24) is 5.32 Å². The molecule has 0 aliphatic rings. The van der Waals surface area contributed by atoms with E-state index < -0.39 is 17.7 Å². The molecule has 1 aromatic rings. The predicted octanol–water partition coefficient (Wildman–Crippen LogP) is 3.49. The Morgan fingerprint density at radius 2 is 1.79 bits per heavy atom. The third-order valence-electron chi connectivity index (χ3n) is 3.23. The zero-order valence-corrected chi connectivity index (χ0v) is 15.5. The van der Waals surface area contributed by atoms with Crippen molar-refractivity contribution in [3.63, 3.8) is 0 Å². The fourth-order valence-electron chi connectivity index (χ4n) is 2.10. The normalized spacial score (nSPS) is 12.5. The topological polar surface area (TPSA) is 76.7 Å². The van der Waals surface area contributed by atoms with Crippen LogP contribution in [0, 0.1) is 12.8 Å². The number of carbonyl (C=O) groups is 2. The van der Waals surface area contributed by atoms with Gasteiger partial charge in [0.15, 0.2) is 0 Å². The molecule has 0 saturated heterocycles. The number of anilines is 1. The summed E-state index contributed by atoms with van der Waals surface area (Å²) in [6, 6.07) is 4.79. The second-order valence-corrected chi connectivity index (χ2v) is 7.06. The van der Waals surface area contributed by atoms with Gasteiger partial charge in [0.25, 0.3) is 0 Å². The molecule has 6 heteroatoms. The average Bonchev–Trinajstić information content (AvgIpc) is 2.42. The monoisotopic (exact) mass is 336 g/mol. The van der Waals surface area contributed by atoms with Gasteiger partial charge in [-0.25, -0.2) is 4.79 Å². The van der Waals surface area contributed by atoms with Crippen LogP contribution in [0.2, 0.25) is 0 Å². The maximum atomic E-state index is 12.6. The molecule has 6 nitrogen and oxygen atoms in total. The molecule has 2 N–H and O–H groups in total. The number of hydrogen-bond acceptors (Lipinski definition) is 4. The largest absolute Gasteiger partial charge is 0.495 e. The van der Waals surface area contributed by atoms with Gasteiger partial charge in [-0.3, -0.25) is 4.79 Å². The molecule has 0 heterocycles. The van der Waals surface area contributed by atoms with E-state index >= 15 is 0 Å². The van der Waals surface area contributed by atoms with Gasteiger partial charge in [0, 0.05) is 0 Å². The molecule has 24 heavy (non-hydrogen) atoms. The van der Waals surface area contributed by atoms with E-state index in [4.69, 9.17) is 9.47 Å². The Labute approximate surface area is 143 Å². The fourth-order valence-corrected chi connectivity index (χ4v) is 2.10. The lowest BCUT2D eigenvalue weighted by molar-refractivity contribution is -0.119. The number of nitrogens with one attached hydrogen (secondary N) is 2. The molecule has 134 valence electrons. The molecule has 0 radical (unpaired) electrons. The highest BCUT2D eigenvalue weighted by Gasteiger charge is 2.27. The van der Waals surface area contributed by atoms with Crippen molar-refractivity contribution >= 4 is 17.7 Å². The van der Waals surface area contributed by atoms with Crippen LogP contribution < -0.4 is 15.4 Å². The van der Waals surface area contributed by atoms with Gasteiger partial charge in [0.1, 0.15) is 17.4 Å². The number of benzene rings is 1. The number of ether oxygens (including phenoxy) is 2. The summed E-state index contributed by atoms with van der Waals surface area (Å²) in [4.78, 5) is 24.6. The number of rotatable bonds is 5. The van der Waals surface area contributed by atoms with E-state index in [1.807, 2.05) is 32.9 Å². The lowest BCUT2D eigenvalue weighted by atomic mass is 10.0. The standard InChI is InChI=1S/C18H28N2O4/c1-11(2)15(20-17(22)24-18(4,5)6)16(21)19-13-10-12(3)8-9-14(13)23-7/h8-11,15H,1-7H3,(H,19,21)(H,20,22). The number of hydrogen-bond donors (Lipinski definition) is 2. The molecule has 0 aliphatic heterocycles. The first kappa shape index (κ1) is 19.8. The van der Waals surface area contributed by atoms with E-state index in [0.29, 0.717) is 11.4 Å². The molecular formula is C18H28N2O4. The summed E-state index contributed by atoms with van der Waals surface area (Å²) in [7, 11) is 1.54. The Morgan fingerprint density at radius 3 is 2.29 bits per heavy atom. The van der Waals surface area contributed by atoms with Gasteiger partial charge in [-0.2, -0.15) is 0 Å². The lowest BCUT2D eigenvalue weighted by Gasteiger charge is -2.25. The molecule has 0 aliphatic carbocycles. The summed E-state index contributed by atoms with van der Waals surface area (Å²) in [5, 5.41) is 5.45. The van der Waals surface area contributed by atoms with Crippen LogP contribution in [0.15, 0.2) is 18.2 Å². The van der Waals surface area contributed by atoms with Crippen LogP contribution in [-0.2, 0) is 9.53 Å². The molecule has 1 atom stereocenters. The van der Waals surface area contributed by atoms with Crippen LogP contribution in [-0.4, -0.2) is 30.8 Å². The van der Waals surface area contributed by atoms with Crippen LogP contribution in [0.25, 0.3) is 0 Å². The van der Waals surface area contributed by atoms with Crippen LogP contribution in [0.1, 0.15) is 40.2 Å². The number of methoxy groups -OCH3 is 1. The third-order valence-corrected chi connectivity index (χ3v) is 3.23. The molecule has 1 aromatic carbocycles. The number of carbonyl (C=O) groups excluding carboxylic acids is 2. The van der Waals surface area contributed by atoms with Crippen molar-refractivity contribution < 1.29 is 19.1 Å². The summed E-state index contributed by atoms with van der Waals surface area (Å²) in [5.74, 6) is 0.141. The molecule has 1 unspecified atom stereocenters. The molecule has 0 spiro atoms. The summed E-state index contributed by atoms with van der Waals surface area (Å²) in [6.07, 6.45) is -0.618. The molecule has 0 bridgehead atoms. The van der Waals surface area contributed by atoms with E-state index in [9.17, 15) is 9.59 Å². The van der Waals surface area contributed by atoms with Crippen LogP contribution in [0.5, 0.6) is 5.75 Å². The Balaban J connectivity index is 2.88. The van der Waals surface area contributed by atoms with Gasteiger partial charge >= 0.3 is 6.09 Å². The first-order valence-corrected chi connectivity index (χ1v) is 7.98. The second-order valence-electron chi connectivity index (χ2n) is 7.06. The first-order chi connectivity index (χ1) is 11.0. The Bertz CT molecular complexity index is 591. The van der Waals surface area contributed by atoms with Gasteiger partial charge in [0.2, 0.25) is 5.91 Å². The summed E-state index contributed by atoms with van der Waals surface area (Å²) in [5.41, 5.74) is 0.938. The second kappa shape index (κ2) is 8.04. The summed E-state index contributed by atoms with van der Waals surface area (Å²) >= 11 is 0. The van der Waals surface area contributed by atoms with Crippen molar-refractivity contribution in [2.24, 2.45) is 5.92 Å². The Hall–Kier alpha value is -2.24. The van der Waals surface area contributed by atoms with Crippen molar-refractivity contribution in [3.8, 4) is 5.75 Å². The van der Waals surface area contributed by atoms with Crippen molar-refractivity contribution in [2.75, 3.05) is 12.4 Å². The number of amides is 2. The maximum Gasteiger partial charge on any atom is 0.408 e. The maximum absolute atomic E-state index is 12.6. The van der Waals surface area contributed by atoms with E-state index in [1.165, 1.54) is 0 Å². The smallest absolute Gasteiger partial charge is 0.408 e. The average molecular weight is 336 g/mol. The minimum Gasteiger partial charge on any atom is -0.495 e. The minimum absolute atomic E-state index is 0.103. The predicted molar refractivity (Wildman–Crippen MR) is 94.4 cm³/mol. The zero-order valence-electron chi connectivity index (χ0n) is 15.5. The van der Waals surface area contributed by atoms with Gasteiger partial charge in [-0.15, -0.1) is 0 Å². The van der Waals surface area contributed by atoms with E-state index in [0.717, 1.165) is 5.56 Å². The third kappa shape index (κ3) is 6.10. The van der Waals surface area contributed by atoms with Crippen LogP contribution in [0.3, 0.4) is 0 Å². The minimum atomic E-state index is -0.718. The number of alkyl carbamates (subject to hydrolysis) is 1. The van der Waals surface area contributed by atoms with Gasteiger partial charge < -0.3 is 20.1 Å². The highest BCUT2D eigenvalue weighted by atomic mass is 16.6. The number of aryl methyl sites for hydroxylation is 1. The first-order valence-electron chi connectivity index (χ1n) is 7.98. The van der Waals surface area contributed by atoms with Crippen molar-refractivity contribution in [2.45, 2.75) is 53.2 Å². The highest BCUT2D eigenvalue weighted by Crippen LogP contribution is 2.25. The lowest BCUT2D eigenvalue weighted by Crippen LogP contribution is -2.48. The molecule has 0 fully saturated rings. The molecule has 0 saturated carbocycles. The Morgan fingerprint density at radius 1 is 1.17 bits per heavy atom. The van der Waals surface area contributed by atoms with E-state index in [2.05, 4.69) is 10.6 Å². The summed E-state index contributed by atoms with van der Waals surface area (Å²) in [6.45, 7) is 11.0. The molecule has 2 amide bonds. The van der Waals surface area contributed by atoms with Crippen LogP contribution in [0.4, 0.5) is 10.5 Å². The SMILES string of the molecule is COc1ccc(C)cc1NC(=O)C(NC(=O)OC(C)(C)C)C(C)C. The van der Waals surface area contributed by atoms with Gasteiger partial charge in [-0.05, 0) is 51.3 Å².